The fourth-order valence-electron chi connectivity index (χ4n) is 4.24. The van der Waals surface area contributed by atoms with Gasteiger partial charge in [-0.25, -0.2) is 4.79 Å². The van der Waals surface area contributed by atoms with Crippen LogP contribution in [0.1, 0.15) is 54.0 Å². The molecule has 0 unspecified atom stereocenters. The number of nitrogens with zero attached hydrogens (tertiary/aromatic N) is 1. The lowest BCUT2D eigenvalue weighted by Crippen LogP contribution is -2.52. The minimum absolute atomic E-state index is 0.167. The minimum atomic E-state index is -2.10. The van der Waals surface area contributed by atoms with Crippen molar-refractivity contribution in [3.05, 3.63) is 35.9 Å². The molecule has 1 aromatic carbocycles. The number of aliphatic hydroxyl groups is 1. The molecule has 0 aromatic heterocycles. The van der Waals surface area contributed by atoms with Crippen molar-refractivity contribution in [3.8, 4) is 0 Å². The van der Waals surface area contributed by atoms with Gasteiger partial charge in [0.1, 0.15) is 0 Å². The zero-order valence-corrected chi connectivity index (χ0v) is 18.8. The van der Waals surface area contributed by atoms with Crippen molar-refractivity contribution in [3.63, 3.8) is 0 Å². The average molecular weight is 396 g/mol. The van der Waals surface area contributed by atoms with Gasteiger partial charge < -0.3 is 14.6 Å². The van der Waals surface area contributed by atoms with Crippen molar-refractivity contribution in [2.75, 3.05) is 6.61 Å². The van der Waals surface area contributed by atoms with Crippen molar-refractivity contribution in [2.24, 2.45) is 0 Å². The summed E-state index contributed by atoms with van der Waals surface area (Å²) < 4.78 is 6.45. The third-order valence-electron chi connectivity index (χ3n) is 5.70. The summed E-state index contributed by atoms with van der Waals surface area (Å²) in [6.07, 6.45) is -1.90. The van der Waals surface area contributed by atoms with E-state index in [1.165, 1.54) is 4.90 Å². The highest BCUT2D eigenvalue weighted by Crippen LogP contribution is 2.42. The number of hydrogen-bond donors (Lipinski definition) is 2. The van der Waals surface area contributed by atoms with Gasteiger partial charge in [0.15, 0.2) is 8.32 Å². The van der Waals surface area contributed by atoms with E-state index in [2.05, 4.69) is 41.5 Å². The Labute approximate surface area is 165 Å². The molecule has 0 aliphatic carbocycles. The third kappa shape index (κ3) is 5.80. The SMILES string of the molecule is CC(C)[Si](OC[C@H](O)[C@@H](C)N(Cc1ccccc1)C(=O)O)(C(C)C)C(C)C. The summed E-state index contributed by atoms with van der Waals surface area (Å²) >= 11 is 0. The zero-order chi connectivity index (χ0) is 20.8. The van der Waals surface area contributed by atoms with Gasteiger partial charge >= 0.3 is 6.09 Å². The van der Waals surface area contributed by atoms with Crippen LogP contribution in [0.4, 0.5) is 4.79 Å². The summed E-state index contributed by atoms with van der Waals surface area (Å²) in [6, 6.07) is 8.88. The van der Waals surface area contributed by atoms with Crippen LogP contribution in [0.15, 0.2) is 30.3 Å². The summed E-state index contributed by atoms with van der Waals surface area (Å²) in [5, 5.41) is 20.3. The van der Waals surface area contributed by atoms with Gasteiger partial charge in [0.05, 0.1) is 18.8 Å². The first kappa shape index (κ1) is 23.7. The minimum Gasteiger partial charge on any atom is -0.465 e. The second kappa shape index (κ2) is 10.2. The van der Waals surface area contributed by atoms with Crippen molar-refractivity contribution >= 4 is 14.4 Å². The lowest BCUT2D eigenvalue weighted by Gasteiger charge is -2.43. The Hall–Kier alpha value is -1.37. The second-order valence-electron chi connectivity index (χ2n) is 8.33. The molecule has 154 valence electrons. The van der Waals surface area contributed by atoms with E-state index in [0.29, 0.717) is 16.6 Å². The van der Waals surface area contributed by atoms with Gasteiger partial charge in [-0.3, -0.25) is 4.90 Å². The quantitative estimate of drug-likeness (QED) is 0.540. The van der Waals surface area contributed by atoms with Gasteiger partial charge in [-0.05, 0) is 29.1 Å². The topological polar surface area (TPSA) is 70.0 Å². The summed E-state index contributed by atoms with van der Waals surface area (Å²) in [5.41, 5.74) is 2.15. The van der Waals surface area contributed by atoms with Crippen LogP contribution >= 0.6 is 0 Å². The maximum atomic E-state index is 11.8. The van der Waals surface area contributed by atoms with Crippen LogP contribution in [0.25, 0.3) is 0 Å². The van der Waals surface area contributed by atoms with Crippen LogP contribution < -0.4 is 0 Å². The Morgan fingerprint density at radius 3 is 1.89 bits per heavy atom. The summed E-state index contributed by atoms with van der Waals surface area (Å²) in [5.74, 6) is 0. The zero-order valence-electron chi connectivity index (χ0n) is 17.8. The maximum absolute atomic E-state index is 11.8. The average Bonchev–Trinajstić information content (AvgIpc) is 2.59. The molecule has 0 saturated carbocycles. The first-order chi connectivity index (χ1) is 12.5. The molecule has 27 heavy (non-hydrogen) atoms. The number of aliphatic hydroxyl groups excluding tert-OH is 1. The van der Waals surface area contributed by atoms with Crippen LogP contribution in [0, 0.1) is 0 Å². The van der Waals surface area contributed by atoms with E-state index in [9.17, 15) is 15.0 Å². The molecule has 0 aliphatic heterocycles. The third-order valence-corrected chi connectivity index (χ3v) is 11.8. The first-order valence-electron chi connectivity index (χ1n) is 9.89. The van der Waals surface area contributed by atoms with E-state index in [1.54, 1.807) is 6.92 Å². The number of rotatable bonds is 10. The molecule has 0 heterocycles. The van der Waals surface area contributed by atoms with Crippen LogP contribution in [0.5, 0.6) is 0 Å². The number of hydrogen-bond acceptors (Lipinski definition) is 3. The van der Waals surface area contributed by atoms with E-state index in [-0.39, 0.29) is 13.2 Å². The van der Waals surface area contributed by atoms with Gasteiger partial charge in [-0.1, -0.05) is 71.9 Å². The molecule has 5 nitrogen and oxygen atoms in total. The Morgan fingerprint density at radius 2 is 1.48 bits per heavy atom. The predicted octanol–water partition coefficient (Wildman–Crippen LogP) is 5.11. The standard InChI is InChI=1S/C21H37NO4Si/c1-15(2)27(16(3)4,17(5)6)26-14-20(23)18(7)22(21(24)25)13-19-11-9-8-10-12-19/h8-12,15-18,20,23H,13-14H2,1-7H3,(H,24,25)/t18-,20+/m1/s1. The lowest BCUT2D eigenvalue weighted by molar-refractivity contribution is 0.0207. The number of carbonyl (C=O) groups is 1. The molecule has 0 aliphatic rings. The van der Waals surface area contributed by atoms with Gasteiger partial charge in [0.25, 0.3) is 0 Å². The molecule has 1 amide bonds. The van der Waals surface area contributed by atoms with Gasteiger partial charge in [0.2, 0.25) is 0 Å². The largest absolute Gasteiger partial charge is 0.465 e. The highest BCUT2D eigenvalue weighted by molar-refractivity contribution is 6.77. The van der Waals surface area contributed by atoms with Crippen LogP contribution in [0.2, 0.25) is 16.6 Å². The van der Waals surface area contributed by atoms with E-state index in [4.69, 9.17) is 4.43 Å². The molecule has 0 spiro atoms. The number of carboxylic acid groups (broad SMARTS) is 1. The lowest BCUT2D eigenvalue weighted by atomic mass is 10.1. The highest BCUT2D eigenvalue weighted by Gasteiger charge is 2.45. The molecular weight excluding hydrogens is 358 g/mol. The smallest absolute Gasteiger partial charge is 0.407 e. The molecular formula is C21H37NO4Si. The first-order valence-corrected chi connectivity index (χ1v) is 12.0. The number of benzene rings is 1. The monoisotopic (exact) mass is 395 g/mol. The molecule has 1 rings (SSSR count). The van der Waals surface area contributed by atoms with Gasteiger partial charge in [0, 0.05) is 6.54 Å². The fraction of sp³-hybridized carbons (Fsp3) is 0.667. The molecule has 2 N–H and O–H groups in total. The normalized spacial score (nSPS) is 14.6. The maximum Gasteiger partial charge on any atom is 0.407 e. The van der Waals surface area contributed by atoms with E-state index >= 15 is 0 Å². The molecule has 0 saturated heterocycles. The highest BCUT2D eigenvalue weighted by atomic mass is 28.4. The molecule has 1 aromatic rings. The van der Waals surface area contributed by atoms with Crippen LogP contribution in [-0.4, -0.2) is 48.3 Å². The fourth-order valence-corrected chi connectivity index (χ4v) is 9.70. The van der Waals surface area contributed by atoms with Crippen molar-refractivity contribution in [1.29, 1.82) is 0 Å². The van der Waals surface area contributed by atoms with Crippen molar-refractivity contribution < 1.29 is 19.4 Å². The molecule has 6 heteroatoms. The molecule has 0 fully saturated rings. The Kier molecular flexibility index (Phi) is 8.98. The predicted molar refractivity (Wildman–Crippen MR) is 112 cm³/mol. The van der Waals surface area contributed by atoms with Crippen molar-refractivity contribution in [2.45, 2.75) is 83.8 Å². The van der Waals surface area contributed by atoms with E-state index < -0.39 is 26.6 Å². The van der Waals surface area contributed by atoms with Crippen LogP contribution in [-0.2, 0) is 11.0 Å². The molecule has 0 radical (unpaired) electrons. The Morgan fingerprint density at radius 1 is 1.00 bits per heavy atom. The van der Waals surface area contributed by atoms with Crippen LogP contribution in [0.3, 0.4) is 0 Å². The summed E-state index contributed by atoms with van der Waals surface area (Å²) in [7, 11) is -2.10. The van der Waals surface area contributed by atoms with Crippen molar-refractivity contribution in [1.82, 2.24) is 4.90 Å². The summed E-state index contributed by atoms with van der Waals surface area (Å²) in [6.45, 7) is 15.3. The molecule has 0 bridgehead atoms. The van der Waals surface area contributed by atoms with Gasteiger partial charge in [-0.2, -0.15) is 0 Å². The molecule has 2 atom stereocenters. The van der Waals surface area contributed by atoms with E-state index in [0.717, 1.165) is 5.56 Å². The Balaban J connectivity index is 2.88. The summed E-state index contributed by atoms with van der Waals surface area (Å²) in [4.78, 5) is 13.0. The van der Waals surface area contributed by atoms with E-state index in [1.807, 2.05) is 30.3 Å². The Bertz CT molecular complexity index is 555. The second-order valence-corrected chi connectivity index (χ2v) is 13.8. The van der Waals surface area contributed by atoms with Gasteiger partial charge in [-0.15, -0.1) is 0 Å². The number of amides is 1.